The van der Waals surface area contributed by atoms with E-state index in [0.717, 1.165) is 17.9 Å². The molecule has 0 amide bonds. The Balaban J connectivity index is 2.17. The van der Waals surface area contributed by atoms with Crippen LogP contribution >= 0.6 is 11.6 Å². The Bertz CT molecular complexity index is 464. The van der Waals surface area contributed by atoms with Gasteiger partial charge in [-0.2, -0.15) is 0 Å². The zero-order valence-corrected chi connectivity index (χ0v) is 10.3. The fourth-order valence-corrected chi connectivity index (χ4v) is 2.13. The van der Waals surface area contributed by atoms with Crippen molar-refractivity contribution in [1.29, 1.82) is 0 Å². The lowest BCUT2D eigenvalue weighted by molar-refractivity contribution is 0.692. The number of anilines is 1. The minimum Gasteiger partial charge on any atom is -0.369 e. The predicted molar refractivity (Wildman–Crippen MR) is 68.2 cm³/mol. The number of nitrogens with one attached hydrogen (secondary N) is 1. The number of alkyl halides is 1. The number of rotatable bonds is 4. The quantitative estimate of drug-likeness (QED) is 0.828. The van der Waals surface area contributed by atoms with Crippen LogP contribution in [0.4, 0.5) is 5.82 Å². The van der Waals surface area contributed by atoms with Crippen LogP contribution in [0.3, 0.4) is 0 Å². The van der Waals surface area contributed by atoms with E-state index in [-0.39, 0.29) is 5.38 Å². The van der Waals surface area contributed by atoms with E-state index in [1.54, 1.807) is 6.20 Å². The average Bonchev–Trinajstić information content (AvgIpc) is 2.65. The minimum atomic E-state index is 0.185. The van der Waals surface area contributed by atoms with Crippen molar-refractivity contribution >= 4 is 23.1 Å². The summed E-state index contributed by atoms with van der Waals surface area (Å²) < 4.78 is 2.04. The molecule has 0 spiro atoms. The molecule has 2 heterocycles. The molecule has 0 aromatic carbocycles. The number of aromatic nitrogens is 2. The molecule has 1 N–H and O–H groups in total. The van der Waals surface area contributed by atoms with Crippen LogP contribution in [0.25, 0.3) is 5.65 Å². The van der Waals surface area contributed by atoms with Crippen LogP contribution in [-0.2, 0) is 0 Å². The van der Waals surface area contributed by atoms with Gasteiger partial charge in [0, 0.05) is 23.8 Å². The van der Waals surface area contributed by atoms with E-state index in [2.05, 4.69) is 17.2 Å². The summed E-state index contributed by atoms with van der Waals surface area (Å²) >= 11 is 5.98. The molecule has 0 saturated heterocycles. The Morgan fingerprint density at radius 2 is 2.25 bits per heavy atom. The van der Waals surface area contributed by atoms with Gasteiger partial charge in [0.25, 0.3) is 0 Å². The Kier molecular flexibility index (Phi) is 3.34. The summed E-state index contributed by atoms with van der Waals surface area (Å²) in [5.41, 5.74) is 0.955. The summed E-state index contributed by atoms with van der Waals surface area (Å²) in [6, 6.07) is 6.38. The third-order valence-electron chi connectivity index (χ3n) is 2.50. The Labute approximate surface area is 100 Å². The summed E-state index contributed by atoms with van der Waals surface area (Å²) in [7, 11) is 0. The van der Waals surface area contributed by atoms with Gasteiger partial charge in [-0.3, -0.25) is 4.40 Å². The molecule has 86 valence electrons. The molecule has 0 bridgehead atoms. The van der Waals surface area contributed by atoms with Gasteiger partial charge >= 0.3 is 0 Å². The van der Waals surface area contributed by atoms with E-state index in [1.807, 2.05) is 35.7 Å². The highest BCUT2D eigenvalue weighted by Crippen LogP contribution is 2.14. The van der Waals surface area contributed by atoms with Gasteiger partial charge in [-0.05, 0) is 32.4 Å². The molecule has 4 heteroatoms. The van der Waals surface area contributed by atoms with Crippen molar-refractivity contribution < 1.29 is 0 Å². The third kappa shape index (κ3) is 2.47. The zero-order valence-electron chi connectivity index (χ0n) is 9.52. The molecule has 0 saturated carbocycles. The van der Waals surface area contributed by atoms with E-state index in [1.165, 1.54) is 0 Å². The van der Waals surface area contributed by atoms with Crippen molar-refractivity contribution in [1.82, 2.24) is 9.38 Å². The van der Waals surface area contributed by atoms with E-state index >= 15 is 0 Å². The van der Waals surface area contributed by atoms with Crippen LogP contribution in [0.5, 0.6) is 0 Å². The molecule has 2 unspecified atom stereocenters. The molecule has 2 aromatic rings. The maximum atomic E-state index is 5.98. The maximum Gasteiger partial charge on any atom is 0.138 e. The lowest BCUT2D eigenvalue weighted by Crippen LogP contribution is -2.19. The lowest BCUT2D eigenvalue weighted by Gasteiger charge is -2.17. The van der Waals surface area contributed by atoms with Gasteiger partial charge < -0.3 is 5.32 Å². The highest BCUT2D eigenvalue weighted by molar-refractivity contribution is 6.20. The van der Waals surface area contributed by atoms with Gasteiger partial charge in [0.15, 0.2) is 0 Å². The number of nitrogens with zero attached hydrogens (tertiary/aromatic N) is 2. The monoisotopic (exact) mass is 237 g/mol. The molecule has 0 aliphatic carbocycles. The number of hydrogen-bond acceptors (Lipinski definition) is 2. The Morgan fingerprint density at radius 3 is 3.00 bits per heavy atom. The third-order valence-corrected chi connectivity index (χ3v) is 2.68. The molecular weight excluding hydrogens is 222 g/mol. The molecule has 3 nitrogen and oxygen atoms in total. The second-order valence-corrected chi connectivity index (χ2v) is 4.87. The predicted octanol–water partition coefficient (Wildman–Crippen LogP) is 3.15. The lowest BCUT2D eigenvalue weighted by atomic mass is 10.2. The van der Waals surface area contributed by atoms with Crippen LogP contribution < -0.4 is 5.32 Å². The summed E-state index contributed by atoms with van der Waals surface area (Å²) in [5.74, 6) is 1.06. The van der Waals surface area contributed by atoms with Crippen LogP contribution in [-0.4, -0.2) is 20.8 Å². The van der Waals surface area contributed by atoms with Crippen LogP contribution in [0, 0.1) is 0 Å². The fourth-order valence-electron chi connectivity index (χ4n) is 1.86. The Hall–Kier alpha value is -1.22. The van der Waals surface area contributed by atoms with Crippen LogP contribution in [0.15, 0.2) is 30.6 Å². The van der Waals surface area contributed by atoms with Crippen molar-refractivity contribution in [3.05, 3.63) is 30.6 Å². The van der Waals surface area contributed by atoms with Gasteiger partial charge in [-0.1, -0.05) is 6.07 Å². The normalized spacial score (nSPS) is 14.9. The van der Waals surface area contributed by atoms with E-state index in [0.29, 0.717) is 6.04 Å². The van der Waals surface area contributed by atoms with Gasteiger partial charge in [0.1, 0.15) is 11.5 Å². The van der Waals surface area contributed by atoms with Crippen molar-refractivity contribution in [2.45, 2.75) is 31.7 Å². The molecule has 0 radical (unpaired) electrons. The first-order chi connectivity index (χ1) is 7.66. The summed E-state index contributed by atoms with van der Waals surface area (Å²) in [5, 5.41) is 3.63. The molecule has 0 fully saturated rings. The second-order valence-electron chi connectivity index (χ2n) is 4.13. The number of hydrogen-bond donors (Lipinski definition) is 1. The number of fused-ring (bicyclic) bond motifs is 1. The summed E-state index contributed by atoms with van der Waals surface area (Å²) in [6.07, 6.45) is 4.69. The van der Waals surface area contributed by atoms with Gasteiger partial charge in [0.05, 0.1) is 0 Å². The largest absolute Gasteiger partial charge is 0.369 e. The SMILES string of the molecule is CC(Cl)CC(C)Nc1cccc2nccn12. The van der Waals surface area contributed by atoms with E-state index in [9.17, 15) is 0 Å². The first-order valence-electron chi connectivity index (χ1n) is 5.49. The number of pyridine rings is 1. The van der Waals surface area contributed by atoms with Gasteiger partial charge in [0.2, 0.25) is 0 Å². The molecule has 2 aromatic heterocycles. The van der Waals surface area contributed by atoms with E-state index < -0.39 is 0 Å². The topological polar surface area (TPSA) is 29.3 Å². The van der Waals surface area contributed by atoms with Crippen LogP contribution in [0.2, 0.25) is 0 Å². The molecule has 0 aliphatic rings. The molecular formula is C12H16ClN3. The second kappa shape index (κ2) is 4.74. The van der Waals surface area contributed by atoms with Crippen molar-refractivity contribution in [3.63, 3.8) is 0 Å². The highest BCUT2D eigenvalue weighted by atomic mass is 35.5. The molecule has 2 rings (SSSR count). The summed E-state index contributed by atoms with van der Waals surface area (Å²) in [4.78, 5) is 4.24. The van der Waals surface area contributed by atoms with Gasteiger partial charge in [-0.15, -0.1) is 11.6 Å². The first-order valence-corrected chi connectivity index (χ1v) is 5.93. The molecule has 2 atom stereocenters. The van der Waals surface area contributed by atoms with Gasteiger partial charge in [-0.25, -0.2) is 4.98 Å². The van der Waals surface area contributed by atoms with Crippen LogP contribution in [0.1, 0.15) is 20.3 Å². The standard InChI is InChI=1S/C12H16ClN3/c1-9(13)8-10(2)15-12-5-3-4-11-14-6-7-16(11)12/h3-7,9-10,15H,8H2,1-2H3. The van der Waals surface area contributed by atoms with Crippen molar-refractivity contribution in [2.75, 3.05) is 5.32 Å². The minimum absolute atomic E-state index is 0.185. The van der Waals surface area contributed by atoms with Crippen molar-refractivity contribution in [3.8, 4) is 0 Å². The average molecular weight is 238 g/mol. The highest BCUT2D eigenvalue weighted by Gasteiger charge is 2.07. The number of imidazole rings is 1. The fraction of sp³-hybridized carbons (Fsp3) is 0.417. The number of halogens is 1. The maximum absolute atomic E-state index is 5.98. The van der Waals surface area contributed by atoms with Crippen molar-refractivity contribution in [2.24, 2.45) is 0 Å². The molecule has 0 aliphatic heterocycles. The Morgan fingerprint density at radius 1 is 1.44 bits per heavy atom. The smallest absolute Gasteiger partial charge is 0.138 e. The van der Waals surface area contributed by atoms with E-state index in [4.69, 9.17) is 11.6 Å². The molecule has 16 heavy (non-hydrogen) atoms. The zero-order chi connectivity index (χ0) is 11.5. The summed E-state index contributed by atoms with van der Waals surface area (Å²) in [6.45, 7) is 4.15. The first kappa shape index (κ1) is 11.3.